The molecule has 0 atom stereocenters. The number of hydrogen-bond acceptors (Lipinski definition) is 2. The standard InChI is InChI=1S/C11H19O2/c1-4-5-6-7-8-9-13-11(12)10(2)3/h6H,2,4-5,7-9H2,1,3H3. The molecule has 2 heteroatoms. The van der Waals surface area contributed by atoms with Crippen LogP contribution in [0.15, 0.2) is 12.2 Å². The molecule has 0 aromatic carbocycles. The summed E-state index contributed by atoms with van der Waals surface area (Å²) < 4.78 is 4.93. The van der Waals surface area contributed by atoms with Gasteiger partial charge in [0.05, 0.1) is 6.61 Å². The van der Waals surface area contributed by atoms with Crippen molar-refractivity contribution in [3.8, 4) is 0 Å². The molecule has 0 amide bonds. The number of carbonyl (C=O) groups is 1. The first-order valence-electron chi connectivity index (χ1n) is 4.82. The predicted molar refractivity (Wildman–Crippen MR) is 54.2 cm³/mol. The summed E-state index contributed by atoms with van der Waals surface area (Å²) in [5, 5.41) is 0. The number of rotatable bonds is 7. The van der Waals surface area contributed by atoms with E-state index in [0.717, 1.165) is 19.3 Å². The first-order chi connectivity index (χ1) is 6.18. The number of unbranched alkanes of at least 4 members (excludes halogenated alkanes) is 4. The van der Waals surface area contributed by atoms with Crippen molar-refractivity contribution in [1.82, 2.24) is 0 Å². The van der Waals surface area contributed by atoms with E-state index in [1.54, 1.807) is 6.92 Å². The zero-order valence-electron chi connectivity index (χ0n) is 8.64. The van der Waals surface area contributed by atoms with Crippen LogP contribution in [0.4, 0.5) is 0 Å². The highest BCUT2D eigenvalue weighted by Crippen LogP contribution is 2.02. The molecule has 13 heavy (non-hydrogen) atoms. The second-order valence-corrected chi connectivity index (χ2v) is 3.14. The van der Waals surface area contributed by atoms with Gasteiger partial charge in [0.25, 0.3) is 0 Å². The maximum absolute atomic E-state index is 10.9. The lowest BCUT2D eigenvalue weighted by Crippen LogP contribution is -2.06. The van der Waals surface area contributed by atoms with Gasteiger partial charge in [-0.05, 0) is 26.2 Å². The molecule has 0 fully saturated rings. The second-order valence-electron chi connectivity index (χ2n) is 3.14. The lowest BCUT2D eigenvalue weighted by Gasteiger charge is -2.03. The van der Waals surface area contributed by atoms with E-state index in [1.165, 1.54) is 6.42 Å². The fraction of sp³-hybridized carbons (Fsp3) is 0.636. The molecular formula is C11H19O2. The van der Waals surface area contributed by atoms with Crippen molar-refractivity contribution in [2.45, 2.75) is 39.5 Å². The van der Waals surface area contributed by atoms with Gasteiger partial charge in [-0.2, -0.15) is 0 Å². The molecule has 0 aliphatic rings. The fourth-order valence-electron chi connectivity index (χ4n) is 0.864. The summed E-state index contributed by atoms with van der Waals surface area (Å²) in [6.45, 7) is 7.82. The van der Waals surface area contributed by atoms with Crippen molar-refractivity contribution in [1.29, 1.82) is 0 Å². The van der Waals surface area contributed by atoms with Crippen molar-refractivity contribution < 1.29 is 9.53 Å². The van der Waals surface area contributed by atoms with Crippen LogP contribution in [-0.4, -0.2) is 12.6 Å². The minimum absolute atomic E-state index is 0.282. The van der Waals surface area contributed by atoms with Gasteiger partial charge in [-0.3, -0.25) is 0 Å². The number of esters is 1. The molecule has 0 N–H and O–H groups in total. The highest BCUT2D eigenvalue weighted by atomic mass is 16.5. The molecule has 0 spiro atoms. The average molecular weight is 183 g/mol. The zero-order chi connectivity index (χ0) is 10.1. The minimum Gasteiger partial charge on any atom is -0.462 e. The minimum atomic E-state index is -0.282. The van der Waals surface area contributed by atoms with Crippen LogP contribution in [0.25, 0.3) is 0 Å². The molecule has 2 nitrogen and oxygen atoms in total. The summed E-state index contributed by atoms with van der Waals surface area (Å²) in [6.07, 6.45) is 6.50. The Morgan fingerprint density at radius 3 is 2.69 bits per heavy atom. The van der Waals surface area contributed by atoms with Crippen LogP contribution in [0.3, 0.4) is 0 Å². The van der Waals surface area contributed by atoms with E-state index < -0.39 is 0 Å². The quantitative estimate of drug-likeness (QED) is 0.344. The number of carbonyl (C=O) groups excluding carboxylic acids is 1. The average Bonchev–Trinajstić information content (AvgIpc) is 2.10. The van der Waals surface area contributed by atoms with Gasteiger partial charge in [0.15, 0.2) is 0 Å². The number of ether oxygens (including phenoxy) is 1. The second kappa shape index (κ2) is 7.84. The van der Waals surface area contributed by atoms with Crippen LogP contribution in [0.2, 0.25) is 0 Å². The SMILES string of the molecule is C=C(C)C(=O)OCCC[CH]CCC. The lowest BCUT2D eigenvalue weighted by atomic mass is 10.2. The van der Waals surface area contributed by atoms with Crippen LogP contribution in [0.5, 0.6) is 0 Å². The largest absolute Gasteiger partial charge is 0.462 e. The Labute approximate surface area is 81.0 Å². The fourth-order valence-corrected chi connectivity index (χ4v) is 0.864. The van der Waals surface area contributed by atoms with Gasteiger partial charge in [-0.15, -0.1) is 0 Å². The van der Waals surface area contributed by atoms with E-state index in [4.69, 9.17) is 4.74 Å². The molecule has 1 radical (unpaired) electrons. The van der Waals surface area contributed by atoms with Crippen LogP contribution < -0.4 is 0 Å². The molecule has 0 aliphatic carbocycles. The van der Waals surface area contributed by atoms with E-state index >= 15 is 0 Å². The summed E-state index contributed by atoms with van der Waals surface area (Å²) in [6, 6.07) is 0. The zero-order valence-corrected chi connectivity index (χ0v) is 8.64. The molecule has 0 aliphatic heterocycles. The highest BCUT2D eigenvalue weighted by molar-refractivity contribution is 5.86. The van der Waals surface area contributed by atoms with Gasteiger partial charge in [0, 0.05) is 5.57 Å². The topological polar surface area (TPSA) is 26.3 Å². The van der Waals surface area contributed by atoms with Gasteiger partial charge < -0.3 is 4.74 Å². The third-order valence-corrected chi connectivity index (χ3v) is 1.63. The molecule has 0 rings (SSSR count). The maximum Gasteiger partial charge on any atom is 0.333 e. The van der Waals surface area contributed by atoms with E-state index in [0.29, 0.717) is 12.2 Å². The Balaban J connectivity index is 3.16. The summed E-state index contributed by atoms with van der Waals surface area (Å²) in [5.41, 5.74) is 0.470. The van der Waals surface area contributed by atoms with Crippen molar-refractivity contribution in [2.75, 3.05) is 6.61 Å². The molecule has 0 aromatic rings. The molecular weight excluding hydrogens is 164 g/mol. The molecule has 0 aromatic heterocycles. The molecule has 0 saturated carbocycles. The van der Waals surface area contributed by atoms with Gasteiger partial charge in [0.1, 0.15) is 0 Å². The molecule has 0 bridgehead atoms. The lowest BCUT2D eigenvalue weighted by molar-refractivity contribution is -0.139. The van der Waals surface area contributed by atoms with Crippen molar-refractivity contribution >= 4 is 5.97 Å². The number of hydrogen-bond donors (Lipinski definition) is 0. The Bertz CT molecular complexity index is 161. The van der Waals surface area contributed by atoms with Crippen molar-refractivity contribution in [2.24, 2.45) is 0 Å². The summed E-state index contributed by atoms with van der Waals surface area (Å²) in [5.74, 6) is -0.282. The first-order valence-corrected chi connectivity index (χ1v) is 4.82. The summed E-state index contributed by atoms with van der Waals surface area (Å²) in [4.78, 5) is 10.9. The van der Waals surface area contributed by atoms with Gasteiger partial charge in [-0.25, -0.2) is 4.79 Å². The monoisotopic (exact) mass is 183 g/mol. The summed E-state index contributed by atoms with van der Waals surface area (Å²) in [7, 11) is 0. The molecule has 0 unspecified atom stereocenters. The Hall–Kier alpha value is -0.790. The van der Waals surface area contributed by atoms with Crippen LogP contribution in [0, 0.1) is 6.42 Å². The van der Waals surface area contributed by atoms with Crippen LogP contribution in [-0.2, 0) is 9.53 Å². The maximum atomic E-state index is 10.9. The van der Waals surface area contributed by atoms with E-state index in [2.05, 4.69) is 19.9 Å². The highest BCUT2D eigenvalue weighted by Gasteiger charge is 2.01. The Morgan fingerprint density at radius 2 is 2.15 bits per heavy atom. The Morgan fingerprint density at radius 1 is 1.46 bits per heavy atom. The van der Waals surface area contributed by atoms with Crippen LogP contribution >= 0.6 is 0 Å². The van der Waals surface area contributed by atoms with Gasteiger partial charge in [0.2, 0.25) is 0 Å². The third kappa shape index (κ3) is 7.57. The van der Waals surface area contributed by atoms with Crippen molar-refractivity contribution in [3.05, 3.63) is 18.6 Å². The predicted octanol–water partition coefficient (Wildman–Crippen LogP) is 2.89. The van der Waals surface area contributed by atoms with E-state index in [-0.39, 0.29) is 5.97 Å². The van der Waals surface area contributed by atoms with Gasteiger partial charge >= 0.3 is 5.97 Å². The first kappa shape index (κ1) is 12.2. The smallest absolute Gasteiger partial charge is 0.333 e. The van der Waals surface area contributed by atoms with Gasteiger partial charge in [-0.1, -0.05) is 26.3 Å². The summed E-state index contributed by atoms with van der Waals surface area (Å²) >= 11 is 0. The Kier molecular flexibility index (Phi) is 7.36. The van der Waals surface area contributed by atoms with Crippen LogP contribution in [0.1, 0.15) is 39.5 Å². The molecule has 75 valence electrons. The molecule has 0 saturated heterocycles. The normalized spacial score (nSPS) is 9.69. The third-order valence-electron chi connectivity index (χ3n) is 1.63. The van der Waals surface area contributed by atoms with E-state index in [1.807, 2.05) is 0 Å². The van der Waals surface area contributed by atoms with E-state index in [9.17, 15) is 4.79 Å². The van der Waals surface area contributed by atoms with Crippen molar-refractivity contribution in [3.63, 3.8) is 0 Å². The molecule has 0 heterocycles.